The first-order valence-electron chi connectivity index (χ1n) is 7.64. The van der Waals surface area contributed by atoms with Crippen molar-refractivity contribution in [3.05, 3.63) is 58.6 Å². The van der Waals surface area contributed by atoms with E-state index in [1.54, 1.807) is 0 Å². The highest BCUT2D eigenvalue weighted by atomic mass is 79.9. The van der Waals surface area contributed by atoms with E-state index in [0.717, 1.165) is 21.5 Å². The lowest BCUT2D eigenvalue weighted by atomic mass is 10.1. The maximum atomic E-state index is 10.9. The molecule has 4 nitrogen and oxygen atoms in total. The van der Waals surface area contributed by atoms with Crippen LogP contribution in [0, 0.1) is 0 Å². The number of benzene rings is 2. The number of rotatable bonds is 7. The summed E-state index contributed by atoms with van der Waals surface area (Å²) in [6.07, 6.45) is 0. The van der Waals surface area contributed by atoms with Crippen molar-refractivity contribution in [1.82, 2.24) is 0 Å². The van der Waals surface area contributed by atoms with Gasteiger partial charge in [-0.05, 0) is 55.8 Å². The summed E-state index contributed by atoms with van der Waals surface area (Å²) in [7, 11) is 0. The number of halogens is 1. The van der Waals surface area contributed by atoms with Crippen LogP contribution in [-0.2, 0) is 16.1 Å². The molecular weight excluding hydrogens is 372 g/mol. The Morgan fingerprint density at radius 3 is 2.17 bits per heavy atom. The van der Waals surface area contributed by atoms with E-state index in [1.807, 2.05) is 62.4 Å². The van der Waals surface area contributed by atoms with Crippen LogP contribution in [0.5, 0.6) is 11.5 Å². The molecule has 0 aliphatic rings. The number of carbonyl (C=O) groups is 1. The van der Waals surface area contributed by atoms with Crippen molar-refractivity contribution in [2.75, 3.05) is 6.61 Å². The number of esters is 1. The van der Waals surface area contributed by atoms with Gasteiger partial charge in [0.1, 0.15) is 30.3 Å². The van der Waals surface area contributed by atoms with E-state index in [-0.39, 0.29) is 12.6 Å². The smallest absolute Gasteiger partial charge is 0.302 e. The minimum absolute atomic E-state index is 0.205. The molecule has 0 fully saturated rings. The Bertz CT molecular complexity index is 663. The van der Waals surface area contributed by atoms with Gasteiger partial charge in [-0.15, -0.1) is 0 Å². The highest BCUT2D eigenvalue weighted by Gasteiger charge is 2.21. The zero-order valence-corrected chi connectivity index (χ0v) is 15.6. The summed E-state index contributed by atoms with van der Waals surface area (Å²) in [6, 6.07) is 15.4. The second kappa shape index (κ2) is 8.20. The molecule has 128 valence electrons. The first-order valence-corrected chi connectivity index (χ1v) is 8.43. The van der Waals surface area contributed by atoms with E-state index >= 15 is 0 Å². The zero-order valence-electron chi connectivity index (χ0n) is 14.0. The first-order chi connectivity index (χ1) is 11.3. The topological polar surface area (TPSA) is 44.8 Å². The predicted molar refractivity (Wildman–Crippen MR) is 96.3 cm³/mol. The quantitative estimate of drug-likeness (QED) is 0.637. The molecule has 2 rings (SSSR count). The molecule has 0 saturated carbocycles. The van der Waals surface area contributed by atoms with Crippen LogP contribution in [0.3, 0.4) is 0 Å². The summed E-state index contributed by atoms with van der Waals surface area (Å²) in [5.74, 6) is 1.23. The van der Waals surface area contributed by atoms with Gasteiger partial charge in [0.25, 0.3) is 0 Å². The number of carbonyl (C=O) groups excluding carboxylic acids is 1. The molecule has 0 heterocycles. The zero-order chi connectivity index (χ0) is 17.6. The average molecular weight is 393 g/mol. The second-order valence-corrected chi connectivity index (χ2v) is 6.94. The highest BCUT2D eigenvalue weighted by molar-refractivity contribution is 9.10. The molecular formula is C19H21BrO4. The molecule has 24 heavy (non-hydrogen) atoms. The van der Waals surface area contributed by atoms with Crippen molar-refractivity contribution in [2.45, 2.75) is 33.0 Å². The fourth-order valence-electron chi connectivity index (χ4n) is 1.98. The lowest BCUT2D eigenvalue weighted by Gasteiger charge is -2.25. The van der Waals surface area contributed by atoms with Gasteiger partial charge >= 0.3 is 5.97 Å². The third-order valence-corrected chi connectivity index (χ3v) is 3.69. The van der Waals surface area contributed by atoms with Crippen molar-refractivity contribution in [1.29, 1.82) is 0 Å². The van der Waals surface area contributed by atoms with Crippen molar-refractivity contribution in [3.63, 3.8) is 0 Å². The number of ether oxygens (including phenoxy) is 3. The third kappa shape index (κ3) is 6.24. The van der Waals surface area contributed by atoms with Crippen molar-refractivity contribution < 1.29 is 19.0 Å². The number of hydrogen-bond acceptors (Lipinski definition) is 4. The van der Waals surface area contributed by atoms with E-state index in [2.05, 4.69) is 15.9 Å². The summed E-state index contributed by atoms with van der Waals surface area (Å²) < 4.78 is 17.6. The molecule has 0 atom stereocenters. The first kappa shape index (κ1) is 18.3. The van der Waals surface area contributed by atoms with Crippen molar-refractivity contribution in [3.8, 4) is 11.5 Å². The largest absolute Gasteiger partial charge is 0.489 e. The van der Waals surface area contributed by atoms with Crippen LogP contribution in [0.4, 0.5) is 0 Å². The lowest BCUT2D eigenvalue weighted by molar-refractivity contribution is -0.146. The van der Waals surface area contributed by atoms with E-state index in [4.69, 9.17) is 14.2 Å². The molecule has 5 heteroatoms. The molecule has 0 aromatic heterocycles. The minimum atomic E-state index is -0.582. The molecule has 0 saturated heterocycles. The van der Waals surface area contributed by atoms with Gasteiger partial charge < -0.3 is 14.2 Å². The van der Waals surface area contributed by atoms with Gasteiger partial charge in [-0.3, -0.25) is 4.79 Å². The Morgan fingerprint density at radius 1 is 1.00 bits per heavy atom. The predicted octanol–water partition coefficient (Wildman–Crippen LogP) is 4.75. The fourth-order valence-corrected chi connectivity index (χ4v) is 2.24. The molecule has 2 aromatic rings. The van der Waals surface area contributed by atoms with Crippen LogP contribution in [-0.4, -0.2) is 18.2 Å². The molecule has 0 unspecified atom stereocenters. The van der Waals surface area contributed by atoms with Gasteiger partial charge in [-0.2, -0.15) is 0 Å². The molecule has 0 amide bonds. The molecule has 0 aliphatic heterocycles. The van der Waals surface area contributed by atoms with Gasteiger partial charge in [-0.25, -0.2) is 0 Å². The van der Waals surface area contributed by atoms with Gasteiger partial charge in [0.05, 0.1) is 0 Å². The minimum Gasteiger partial charge on any atom is -0.489 e. The van der Waals surface area contributed by atoms with Crippen molar-refractivity contribution >= 4 is 21.9 Å². The fraction of sp³-hybridized carbons (Fsp3) is 0.316. The molecule has 0 aliphatic carbocycles. The van der Waals surface area contributed by atoms with Crippen LogP contribution < -0.4 is 9.47 Å². The molecule has 0 spiro atoms. The monoisotopic (exact) mass is 392 g/mol. The van der Waals surface area contributed by atoms with E-state index < -0.39 is 5.60 Å². The standard InChI is InChI=1S/C19H21BrO4/c1-14(21)23-13-19(2,3)24-18-8-4-15(5-9-18)12-22-17-10-6-16(20)7-11-17/h4-11H,12-13H2,1-3H3. The van der Waals surface area contributed by atoms with Gasteiger partial charge in [0.2, 0.25) is 0 Å². The van der Waals surface area contributed by atoms with Crippen LogP contribution in [0.15, 0.2) is 53.0 Å². The lowest BCUT2D eigenvalue weighted by Crippen LogP contribution is -2.34. The van der Waals surface area contributed by atoms with Gasteiger partial charge in [-0.1, -0.05) is 28.1 Å². The Labute approximate surface area is 150 Å². The molecule has 0 N–H and O–H groups in total. The molecule has 0 bridgehead atoms. The van der Waals surface area contributed by atoms with E-state index in [1.165, 1.54) is 6.92 Å². The SMILES string of the molecule is CC(=O)OCC(C)(C)Oc1ccc(COc2ccc(Br)cc2)cc1. The maximum absolute atomic E-state index is 10.9. The summed E-state index contributed by atoms with van der Waals surface area (Å²) in [5.41, 5.74) is 0.462. The van der Waals surface area contributed by atoms with Gasteiger partial charge in [0.15, 0.2) is 0 Å². The van der Waals surface area contributed by atoms with Crippen molar-refractivity contribution in [2.24, 2.45) is 0 Å². The number of hydrogen-bond donors (Lipinski definition) is 0. The van der Waals surface area contributed by atoms with Gasteiger partial charge in [0, 0.05) is 11.4 Å². The Morgan fingerprint density at radius 2 is 1.58 bits per heavy atom. The van der Waals surface area contributed by atoms with Crippen LogP contribution in [0.1, 0.15) is 26.3 Å². The van der Waals surface area contributed by atoms with Crippen LogP contribution in [0.25, 0.3) is 0 Å². The average Bonchev–Trinajstić information content (AvgIpc) is 2.54. The summed E-state index contributed by atoms with van der Waals surface area (Å²) in [6.45, 7) is 5.83. The Balaban J connectivity index is 1.88. The normalized spacial score (nSPS) is 11.0. The van der Waals surface area contributed by atoms with Crippen LogP contribution >= 0.6 is 15.9 Å². The molecule has 2 aromatic carbocycles. The maximum Gasteiger partial charge on any atom is 0.302 e. The Kier molecular flexibility index (Phi) is 6.26. The summed E-state index contributed by atoms with van der Waals surface area (Å²) >= 11 is 3.40. The Hall–Kier alpha value is -2.01. The molecule has 0 radical (unpaired) electrons. The highest BCUT2D eigenvalue weighted by Crippen LogP contribution is 2.21. The van der Waals surface area contributed by atoms with E-state index in [0.29, 0.717) is 6.61 Å². The summed E-state index contributed by atoms with van der Waals surface area (Å²) in [5, 5.41) is 0. The summed E-state index contributed by atoms with van der Waals surface area (Å²) in [4.78, 5) is 10.9. The second-order valence-electron chi connectivity index (χ2n) is 6.03. The third-order valence-electron chi connectivity index (χ3n) is 3.16. The van der Waals surface area contributed by atoms with Crippen LogP contribution in [0.2, 0.25) is 0 Å². The van der Waals surface area contributed by atoms with E-state index in [9.17, 15) is 4.79 Å².